The third-order valence-electron chi connectivity index (χ3n) is 7.25. The summed E-state index contributed by atoms with van der Waals surface area (Å²) in [6.07, 6.45) is 45.1. The molecule has 0 saturated carbocycles. The van der Waals surface area contributed by atoms with Crippen molar-refractivity contribution in [2.24, 2.45) is 0 Å². The SMILES string of the molecule is CC/C=C\C/C=C\C/C=C\C/C=C\C/C=C\CCCC(=O)OC(CCCCCCCCCCCC)CCCCC(=O)O. The Balaban J connectivity index is 4.06. The molecule has 1 atom stereocenters. The van der Waals surface area contributed by atoms with Gasteiger partial charge in [0.15, 0.2) is 0 Å². The molecule has 4 nitrogen and oxygen atoms in total. The first-order valence-electron chi connectivity index (χ1n) is 17.3. The first-order valence-corrected chi connectivity index (χ1v) is 17.3. The molecule has 1 unspecified atom stereocenters. The fourth-order valence-electron chi connectivity index (χ4n) is 4.75. The fourth-order valence-corrected chi connectivity index (χ4v) is 4.75. The standard InChI is InChI=1S/C38H64O4/c1-3-5-7-9-11-13-15-16-17-18-19-20-21-23-25-27-29-35-38(41)42-36(33-30-31-34-37(39)40)32-28-26-24-22-14-12-10-8-6-4-2/h5,7,11,13,16-17,19-20,23,25,36H,3-4,6,8-10,12,14-15,18,21-22,24,26-35H2,1-2H3,(H,39,40)/b7-5-,13-11-,17-16-,20-19-,25-23-. The molecule has 0 aromatic carbocycles. The van der Waals surface area contributed by atoms with Gasteiger partial charge in [0.25, 0.3) is 0 Å². The monoisotopic (exact) mass is 584 g/mol. The Morgan fingerprint density at radius 2 is 1.00 bits per heavy atom. The van der Waals surface area contributed by atoms with Crippen LogP contribution in [0.25, 0.3) is 0 Å². The molecule has 0 bridgehead atoms. The summed E-state index contributed by atoms with van der Waals surface area (Å²) in [5, 5.41) is 8.90. The highest BCUT2D eigenvalue weighted by Crippen LogP contribution is 2.17. The lowest BCUT2D eigenvalue weighted by Crippen LogP contribution is -2.18. The summed E-state index contributed by atoms with van der Waals surface area (Å²) in [6.45, 7) is 4.41. The molecule has 240 valence electrons. The van der Waals surface area contributed by atoms with E-state index in [1.807, 2.05) is 0 Å². The van der Waals surface area contributed by atoms with Crippen molar-refractivity contribution in [3.63, 3.8) is 0 Å². The van der Waals surface area contributed by atoms with Gasteiger partial charge in [-0.05, 0) is 77.0 Å². The van der Waals surface area contributed by atoms with Gasteiger partial charge < -0.3 is 9.84 Å². The van der Waals surface area contributed by atoms with Crippen LogP contribution in [0.5, 0.6) is 0 Å². The van der Waals surface area contributed by atoms with E-state index in [0.29, 0.717) is 12.8 Å². The number of carboxylic acids is 1. The summed E-state index contributed by atoms with van der Waals surface area (Å²) in [5.41, 5.74) is 0. The molecule has 1 N–H and O–H groups in total. The van der Waals surface area contributed by atoms with Crippen LogP contribution < -0.4 is 0 Å². The number of rotatable bonds is 30. The molecule has 0 aliphatic rings. The second-order valence-electron chi connectivity index (χ2n) is 11.3. The highest BCUT2D eigenvalue weighted by Gasteiger charge is 2.14. The topological polar surface area (TPSA) is 63.6 Å². The molecule has 0 aromatic rings. The van der Waals surface area contributed by atoms with Crippen molar-refractivity contribution < 1.29 is 19.4 Å². The van der Waals surface area contributed by atoms with E-state index in [1.165, 1.54) is 57.8 Å². The van der Waals surface area contributed by atoms with Crippen molar-refractivity contribution in [1.29, 1.82) is 0 Å². The van der Waals surface area contributed by atoms with Gasteiger partial charge >= 0.3 is 11.9 Å². The van der Waals surface area contributed by atoms with Crippen LogP contribution in [-0.4, -0.2) is 23.1 Å². The molecule has 0 aliphatic carbocycles. The van der Waals surface area contributed by atoms with Gasteiger partial charge in [0.1, 0.15) is 6.10 Å². The predicted molar refractivity (Wildman–Crippen MR) is 181 cm³/mol. The summed E-state index contributed by atoms with van der Waals surface area (Å²) >= 11 is 0. The summed E-state index contributed by atoms with van der Waals surface area (Å²) in [6, 6.07) is 0. The Morgan fingerprint density at radius 1 is 0.548 bits per heavy atom. The van der Waals surface area contributed by atoms with Gasteiger partial charge in [-0.3, -0.25) is 9.59 Å². The maximum atomic E-state index is 12.5. The molecular weight excluding hydrogens is 520 g/mol. The molecule has 0 heterocycles. The van der Waals surface area contributed by atoms with Crippen LogP contribution in [0.15, 0.2) is 60.8 Å². The smallest absolute Gasteiger partial charge is 0.306 e. The summed E-state index contributed by atoms with van der Waals surface area (Å²) < 4.78 is 5.83. The van der Waals surface area contributed by atoms with Gasteiger partial charge in [0.2, 0.25) is 0 Å². The van der Waals surface area contributed by atoms with Crippen molar-refractivity contribution in [2.45, 2.75) is 168 Å². The van der Waals surface area contributed by atoms with Gasteiger partial charge in [-0.25, -0.2) is 0 Å². The third kappa shape index (κ3) is 32.2. The first kappa shape index (κ1) is 39.6. The lowest BCUT2D eigenvalue weighted by Gasteiger charge is -2.18. The third-order valence-corrected chi connectivity index (χ3v) is 7.25. The number of carboxylic acid groups (broad SMARTS) is 1. The highest BCUT2D eigenvalue weighted by molar-refractivity contribution is 5.69. The summed E-state index contributed by atoms with van der Waals surface area (Å²) in [4.78, 5) is 23.3. The summed E-state index contributed by atoms with van der Waals surface area (Å²) in [5.74, 6) is -0.869. The van der Waals surface area contributed by atoms with Gasteiger partial charge in [-0.2, -0.15) is 0 Å². The lowest BCUT2D eigenvalue weighted by atomic mass is 10.0. The molecule has 0 aliphatic heterocycles. The van der Waals surface area contributed by atoms with Crippen molar-refractivity contribution in [2.75, 3.05) is 0 Å². The fraction of sp³-hybridized carbons (Fsp3) is 0.684. The van der Waals surface area contributed by atoms with Crippen LogP contribution in [0.4, 0.5) is 0 Å². The second kappa shape index (κ2) is 33.1. The van der Waals surface area contributed by atoms with Crippen LogP contribution in [-0.2, 0) is 14.3 Å². The van der Waals surface area contributed by atoms with Crippen LogP contribution >= 0.6 is 0 Å². The molecule has 4 heteroatoms. The summed E-state index contributed by atoms with van der Waals surface area (Å²) in [7, 11) is 0. The maximum Gasteiger partial charge on any atom is 0.306 e. The zero-order chi connectivity index (χ0) is 30.8. The second-order valence-corrected chi connectivity index (χ2v) is 11.3. The molecule has 0 rings (SSSR count). The predicted octanol–water partition coefficient (Wildman–Crippen LogP) is 11.8. The number of carbonyl (C=O) groups excluding carboxylic acids is 1. The van der Waals surface area contributed by atoms with E-state index in [-0.39, 0.29) is 18.5 Å². The van der Waals surface area contributed by atoms with Crippen LogP contribution in [0.2, 0.25) is 0 Å². The Bertz CT molecular complexity index is 759. The maximum absolute atomic E-state index is 12.5. The lowest BCUT2D eigenvalue weighted by molar-refractivity contribution is -0.150. The Hall–Kier alpha value is -2.36. The van der Waals surface area contributed by atoms with E-state index in [9.17, 15) is 9.59 Å². The van der Waals surface area contributed by atoms with Crippen LogP contribution in [0, 0.1) is 0 Å². The normalized spacial score (nSPS) is 13.0. The Labute approximate surface area is 259 Å². The quantitative estimate of drug-likeness (QED) is 0.0518. The minimum absolute atomic E-state index is 0.0750. The first-order chi connectivity index (χ1) is 20.6. The highest BCUT2D eigenvalue weighted by atomic mass is 16.5. The molecular formula is C38H64O4. The Morgan fingerprint density at radius 3 is 1.50 bits per heavy atom. The van der Waals surface area contributed by atoms with Crippen molar-refractivity contribution >= 4 is 11.9 Å². The van der Waals surface area contributed by atoms with Crippen molar-refractivity contribution in [3.05, 3.63) is 60.8 Å². The zero-order valence-corrected chi connectivity index (χ0v) is 27.3. The van der Waals surface area contributed by atoms with Crippen LogP contribution in [0.3, 0.4) is 0 Å². The number of aliphatic carboxylic acids is 1. The number of hydrogen-bond acceptors (Lipinski definition) is 3. The van der Waals surface area contributed by atoms with Crippen molar-refractivity contribution in [3.8, 4) is 0 Å². The molecule has 0 spiro atoms. The number of allylic oxidation sites excluding steroid dienone is 10. The van der Waals surface area contributed by atoms with Gasteiger partial charge in [0, 0.05) is 12.8 Å². The van der Waals surface area contributed by atoms with Gasteiger partial charge in [-0.1, -0.05) is 132 Å². The number of carbonyl (C=O) groups is 2. The minimum Gasteiger partial charge on any atom is -0.481 e. The largest absolute Gasteiger partial charge is 0.481 e. The van der Waals surface area contributed by atoms with Crippen LogP contribution in [0.1, 0.15) is 162 Å². The molecule has 0 aromatic heterocycles. The van der Waals surface area contributed by atoms with Gasteiger partial charge in [0.05, 0.1) is 0 Å². The molecule has 0 saturated heterocycles. The minimum atomic E-state index is -0.756. The van der Waals surface area contributed by atoms with E-state index in [0.717, 1.165) is 70.6 Å². The molecule has 0 fully saturated rings. The average Bonchev–Trinajstić information content (AvgIpc) is 2.97. The van der Waals surface area contributed by atoms with Gasteiger partial charge in [-0.15, -0.1) is 0 Å². The molecule has 0 amide bonds. The number of esters is 1. The van der Waals surface area contributed by atoms with E-state index in [1.54, 1.807) is 0 Å². The number of ether oxygens (including phenoxy) is 1. The van der Waals surface area contributed by atoms with Crippen molar-refractivity contribution in [1.82, 2.24) is 0 Å². The molecule has 0 radical (unpaired) electrons. The van der Waals surface area contributed by atoms with E-state index in [2.05, 4.69) is 74.6 Å². The van der Waals surface area contributed by atoms with E-state index in [4.69, 9.17) is 9.84 Å². The Kier molecular flexibility index (Phi) is 31.3. The van der Waals surface area contributed by atoms with E-state index >= 15 is 0 Å². The van der Waals surface area contributed by atoms with E-state index < -0.39 is 5.97 Å². The zero-order valence-electron chi connectivity index (χ0n) is 27.3. The number of hydrogen-bond donors (Lipinski definition) is 1. The number of unbranched alkanes of at least 4 members (excludes halogenated alkanes) is 11. The average molecular weight is 585 g/mol. The molecule has 42 heavy (non-hydrogen) atoms.